The van der Waals surface area contributed by atoms with Crippen LogP contribution in [0.4, 0.5) is 11.4 Å². The van der Waals surface area contributed by atoms with E-state index in [1.54, 1.807) is 29.2 Å². The lowest BCUT2D eigenvalue weighted by molar-refractivity contribution is -0.144. The second kappa shape index (κ2) is 9.41. The Morgan fingerprint density at radius 3 is 2.57 bits per heavy atom. The highest BCUT2D eigenvalue weighted by Gasteiger charge is 2.21. The highest BCUT2D eigenvalue weighted by molar-refractivity contribution is 8.00. The van der Waals surface area contributed by atoms with Gasteiger partial charge in [0.1, 0.15) is 0 Å². The Hall–Kier alpha value is -2.80. The monoisotopic (exact) mass is 398 g/mol. The highest BCUT2D eigenvalue weighted by atomic mass is 32.2. The Kier molecular flexibility index (Phi) is 6.71. The van der Waals surface area contributed by atoms with Crippen molar-refractivity contribution in [2.24, 2.45) is 0 Å². The van der Waals surface area contributed by atoms with Gasteiger partial charge in [-0.25, -0.2) is 0 Å². The lowest BCUT2D eigenvalue weighted by Gasteiger charge is -2.16. The zero-order valence-electron chi connectivity index (χ0n) is 15.6. The molecule has 3 rings (SSSR count). The van der Waals surface area contributed by atoms with E-state index in [4.69, 9.17) is 4.74 Å². The number of nitrogens with zero attached hydrogens (tertiary/aromatic N) is 1. The maximum Gasteiger partial charge on any atom is 0.316 e. The lowest BCUT2D eigenvalue weighted by atomic mass is 10.2. The minimum absolute atomic E-state index is 0.118. The van der Waals surface area contributed by atoms with E-state index in [1.807, 2.05) is 31.2 Å². The number of hydrogen-bond donors (Lipinski definition) is 1. The zero-order valence-corrected chi connectivity index (χ0v) is 16.5. The van der Waals surface area contributed by atoms with E-state index >= 15 is 0 Å². The number of amides is 2. The topological polar surface area (TPSA) is 75.7 Å². The molecular weight excluding hydrogens is 376 g/mol. The highest BCUT2D eigenvalue weighted by Crippen LogP contribution is 2.23. The molecule has 0 radical (unpaired) electrons. The first-order valence-corrected chi connectivity index (χ1v) is 10.1. The zero-order chi connectivity index (χ0) is 19.9. The van der Waals surface area contributed by atoms with E-state index in [0.717, 1.165) is 29.1 Å². The van der Waals surface area contributed by atoms with Crippen molar-refractivity contribution in [1.82, 2.24) is 0 Å². The van der Waals surface area contributed by atoms with Gasteiger partial charge in [0.2, 0.25) is 5.91 Å². The van der Waals surface area contributed by atoms with Crippen LogP contribution in [0.2, 0.25) is 0 Å². The van der Waals surface area contributed by atoms with Gasteiger partial charge in [-0.3, -0.25) is 14.4 Å². The molecule has 1 fully saturated rings. The molecule has 28 heavy (non-hydrogen) atoms. The summed E-state index contributed by atoms with van der Waals surface area (Å²) in [6.07, 6.45) is 1.44. The van der Waals surface area contributed by atoms with Gasteiger partial charge in [-0.15, -0.1) is 11.8 Å². The van der Waals surface area contributed by atoms with Gasteiger partial charge >= 0.3 is 5.97 Å². The fourth-order valence-corrected chi connectivity index (χ4v) is 3.71. The van der Waals surface area contributed by atoms with Crippen molar-refractivity contribution in [1.29, 1.82) is 0 Å². The number of hydrogen-bond acceptors (Lipinski definition) is 5. The Morgan fingerprint density at radius 2 is 1.89 bits per heavy atom. The van der Waals surface area contributed by atoms with Crippen LogP contribution in [0.1, 0.15) is 18.4 Å². The molecule has 0 spiro atoms. The van der Waals surface area contributed by atoms with Gasteiger partial charge in [0, 0.05) is 29.2 Å². The maximum absolute atomic E-state index is 12.0. The minimum atomic E-state index is -0.439. The van der Waals surface area contributed by atoms with Crippen molar-refractivity contribution in [3.63, 3.8) is 0 Å². The minimum Gasteiger partial charge on any atom is -0.455 e. The van der Waals surface area contributed by atoms with E-state index in [2.05, 4.69) is 5.32 Å². The number of carbonyl (C=O) groups is 3. The number of aryl methyl sites for hydroxylation is 1. The van der Waals surface area contributed by atoms with Crippen LogP contribution in [-0.2, 0) is 19.1 Å². The molecule has 1 aliphatic rings. The molecule has 7 heteroatoms. The fraction of sp³-hybridized carbons (Fsp3) is 0.286. The summed E-state index contributed by atoms with van der Waals surface area (Å²) in [7, 11) is 0. The Labute approximate surface area is 168 Å². The molecule has 6 nitrogen and oxygen atoms in total. The van der Waals surface area contributed by atoms with Crippen molar-refractivity contribution in [3.05, 3.63) is 54.1 Å². The van der Waals surface area contributed by atoms with E-state index in [-0.39, 0.29) is 18.3 Å². The summed E-state index contributed by atoms with van der Waals surface area (Å²) >= 11 is 1.39. The number of carbonyl (C=O) groups excluding carboxylic acids is 3. The van der Waals surface area contributed by atoms with Crippen LogP contribution in [0.3, 0.4) is 0 Å². The van der Waals surface area contributed by atoms with E-state index in [0.29, 0.717) is 12.1 Å². The molecule has 2 aromatic carbocycles. The third-order valence-corrected chi connectivity index (χ3v) is 5.49. The molecular formula is C21H22N2O4S. The van der Waals surface area contributed by atoms with Gasteiger partial charge in [0.25, 0.3) is 5.91 Å². The normalized spacial score (nSPS) is 13.5. The van der Waals surface area contributed by atoms with Crippen molar-refractivity contribution in [2.75, 3.05) is 29.1 Å². The van der Waals surface area contributed by atoms with Gasteiger partial charge < -0.3 is 15.0 Å². The first-order valence-electron chi connectivity index (χ1n) is 9.07. The number of nitrogens with one attached hydrogen (secondary N) is 1. The SMILES string of the molecule is Cc1ccccc1SCC(=O)OCC(=O)Nc1ccc(N2CCCC2=O)cc1. The van der Waals surface area contributed by atoms with Crippen molar-refractivity contribution < 1.29 is 19.1 Å². The molecule has 0 saturated carbocycles. The number of anilines is 2. The third-order valence-electron chi connectivity index (χ3n) is 4.34. The van der Waals surface area contributed by atoms with Crippen LogP contribution in [0, 0.1) is 6.92 Å². The number of benzene rings is 2. The molecule has 1 heterocycles. The van der Waals surface area contributed by atoms with Gasteiger partial charge in [0.05, 0.1) is 5.75 Å². The number of esters is 1. The summed E-state index contributed by atoms with van der Waals surface area (Å²) in [6.45, 7) is 2.37. The molecule has 1 N–H and O–H groups in total. The Balaban J connectivity index is 1.42. The summed E-state index contributed by atoms with van der Waals surface area (Å²) in [5.74, 6) is -0.575. The maximum atomic E-state index is 12.0. The summed E-state index contributed by atoms with van der Waals surface area (Å²) in [5, 5.41) is 2.68. The van der Waals surface area contributed by atoms with Crippen LogP contribution in [0.15, 0.2) is 53.4 Å². The summed E-state index contributed by atoms with van der Waals surface area (Å²) in [5.41, 5.74) is 2.50. The standard InChI is InChI=1S/C21H22N2O4S/c1-15-5-2-3-6-18(15)28-14-21(26)27-13-19(24)22-16-8-10-17(11-9-16)23-12-4-7-20(23)25/h2-3,5-6,8-11H,4,7,12-14H2,1H3,(H,22,24). The molecule has 146 valence electrons. The van der Waals surface area contributed by atoms with Gasteiger partial charge in [-0.05, 0) is 49.2 Å². The van der Waals surface area contributed by atoms with Gasteiger partial charge in [-0.2, -0.15) is 0 Å². The Morgan fingerprint density at radius 1 is 1.14 bits per heavy atom. The molecule has 0 atom stereocenters. The predicted molar refractivity (Wildman–Crippen MR) is 110 cm³/mol. The first-order chi connectivity index (χ1) is 13.5. The van der Waals surface area contributed by atoms with Crippen LogP contribution in [-0.4, -0.2) is 36.7 Å². The third kappa shape index (κ3) is 5.36. The fourth-order valence-electron chi connectivity index (χ4n) is 2.89. The quantitative estimate of drug-likeness (QED) is 0.571. The smallest absolute Gasteiger partial charge is 0.316 e. The van der Waals surface area contributed by atoms with Crippen LogP contribution >= 0.6 is 11.8 Å². The van der Waals surface area contributed by atoms with Gasteiger partial charge in [0.15, 0.2) is 6.61 Å². The summed E-state index contributed by atoms with van der Waals surface area (Å²) in [4.78, 5) is 38.3. The average molecular weight is 398 g/mol. The molecule has 2 aromatic rings. The molecule has 0 aliphatic carbocycles. The van der Waals surface area contributed by atoms with E-state index in [1.165, 1.54) is 11.8 Å². The lowest BCUT2D eigenvalue weighted by Crippen LogP contribution is -2.24. The largest absolute Gasteiger partial charge is 0.455 e. The van der Waals surface area contributed by atoms with Gasteiger partial charge in [-0.1, -0.05) is 18.2 Å². The number of ether oxygens (including phenoxy) is 1. The Bertz CT molecular complexity index is 867. The molecule has 2 amide bonds. The predicted octanol–water partition coefficient (Wildman–Crippen LogP) is 3.40. The molecule has 0 unspecified atom stereocenters. The molecule has 0 bridgehead atoms. The molecule has 1 aliphatic heterocycles. The number of rotatable bonds is 7. The summed E-state index contributed by atoms with van der Waals surface area (Å²) < 4.78 is 5.03. The second-order valence-electron chi connectivity index (χ2n) is 6.46. The first kappa shape index (κ1) is 19.9. The average Bonchev–Trinajstić information content (AvgIpc) is 3.12. The molecule has 0 aromatic heterocycles. The van der Waals surface area contributed by atoms with E-state index in [9.17, 15) is 14.4 Å². The molecule has 1 saturated heterocycles. The van der Waals surface area contributed by atoms with Crippen molar-refractivity contribution >= 4 is 40.9 Å². The van der Waals surface area contributed by atoms with Crippen molar-refractivity contribution in [3.8, 4) is 0 Å². The van der Waals surface area contributed by atoms with Crippen LogP contribution in [0.25, 0.3) is 0 Å². The van der Waals surface area contributed by atoms with Crippen LogP contribution in [0.5, 0.6) is 0 Å². The van der Waals surface area contributed by atoms with Crippen molar-refractivity contribution in [2.45, 2.75) is 24.7 Å². The van der Waals surface area contributed by atoms with Crippen LogP contribution < -0.4 is 10.2 Å². The summed E-state index contributed by atoms with van der Waals surface area (Å²) in [6, 6.07) is 14.8. The second-order valence-corrected chi connectivity index (χ2v) is 7.48. The number of thioether (sulfide) groups is 1. The van der Waals surface area contributed by atoms with E-state index < -0.39 is 11.9 Å².